The molecule has 0 heterocycles. The molecule has 0 aliphatic heterocycles. The predicted octanol–water partition coefficient (Wildman–Crippen LogP) is 2.00. The Labute approximate surface area is 87.3 Å². The Hall–Kier alpha value is -0.380. The van der Waals surface area contributed by atoms with Crippen molar-refractivity contribution in [2.45, 2.75) is 13.2 Å². The molecule has 72 valence electrons. The molecule has 0 aliphatic carbocycles. The molecule has 0 atom stereocenters. The predicted molar refractivity (Wildman–Crippen MR) is 57.5 cm³/mol. The first kappa shape index (κ1) is 10.7. The Kier molecular flexibility index (Phi) is 3.90. The van der Waals surface area contributed by atoms with Gasteiger partial charge in [-0.2, -0.15) is 0 Å². The van der Waals surface area contributed by atoms with Gasteiger partial charge in [-0.1, -0.05) is 28.1 Å². The Balaban J connectivity index is 3.00. The monoisotopic (exact) mass is 243 g/mol. The first-order chi connectivity index (χ1) is 6.15. The summed E-state index contributed by atoms with van der Waals surface area (Å²) in [5, 5.41) is 9.12. The van der Waals surface area contributed by atoms with Crippen molar-refractivity contribution in [2.75, 3.05) is 14.1 Å². The lowest BCUT2D eigenvalue weighted by Crippen LogP contribution is -2.12. The van der Waals surface area contributed by atoms with Crippen LogP contribution in [0.25, 0.3) is 0 Å². The van der Waals surface area contributed by atoms with E-state index in [0.717, 1.165) is 22.1 Å². The number of aliphatic hydroxyl groups excluding tert-OH is 1. The van der Waals surface area contributed by atoms with Crippen molar-refractivity contribution in [3.05, 3.63) is 33.8 Å². The van der Waals surface area contributed by atoms with Crippen LogP contribution in [0.3, 0.4) is 0 Å². The van der Waals surface area contributed by atoms with E-state index >= 15 is 0 Å². The number of benzene rings is 1. The molecule has 13 heavy (non-hydrogen) atoms. The SMILES string of the molecule is CN(C)Cc1c(Br)cccc1CO. The van der Waals surface area contributed by atoms with Gasteiger partial charge in [-0.25, -0.2) is 0 Å². The van der Waals surface area contributed by atoms with Crippen molar-refractivity contribution in [3.8, 4) is 0 Å². The molecule has 0 spiro atoms. The lowest BCUT2D eigenvalue weighted by molar-refractivity contribution is 0.278. The van der Waals surface area contributed by atoms with E-state index < -0.39 is 0 Å². The van der Waals surface area contributed by atoms with Crippen molar-refractivity contribution in [3.63, 3.8) is 0 Å². The van der Waals surface area contributed by atoms with Crippen LogP contribution in [0.1, 0.15) is 11.1 Å². The number of hydrogen-bond donors (Lipinski definition) is 1. The minimum atomic E-state index is 0.0998. The van der Waals surface area contributed by atoms with Crippen LogP contribution in [0, 0.1) is 0 Å². The maximum Gasteiger partial charge on any atom is 0.0685 e. The van der Waals surface area contributed by atoms with E-state index in [-0.39, 0.29) is 6.61 Å². The first-order valence-electron chi connectivity index (χ1n) is 4.17. The second kappa shape index (κ2) is 4.74. The Bertz CT molecular complexity index is 286. The minimum Gasteiger partial charge on any atom is -0.392 e. The van der Waals surface area contributed by atoms with Crippen LogP contribution >= 0.6 is 15.9 Å². The third kappa shape index (κ3) is 2.79. The number of rotatable bonds is 3. The van der Waals surface area contributed by atoms with Crippen molar-refractivity contribution >= 4 is 15.9 Å². The second-order valence-corrected chi connectivity index (χ2v) is 4.13. The largest absolute Gasteiger partial charge is 0.392 e. The molecule has 3 heteroatoms. The summed E-state index contributed by atoms with van der Waals surface area (Å²) >= 11 is 3.48. The van der Waals surface area contributed by atoms with Crippen LogP contribution in [0.2, 0.25) is 0 Å². The summed E-state index contributed by atoms with van der Waals surface area (Å²) in [4.78, 5) is 2.08. The lowest BCUT2D eigenvalue weighted by Gasteiger charge is -2.14. The number of halogens is 1. The second-order valence-electron chi connectivity index (χ2n) is 3.27. The third-order valence-corrected chi connectivity index (χ3v) is 2.60. The number of aliphatic hydroxyl groups is 1. The lowest BCUT2D eigenvalue weighted by atomic mass is 10.1. The summed E-state index contributed by atoms with van der Waals surface area (Å²) in [5.74, 6) is 0. The van der Waals surface area contributed by atoms with Crippen LogP contribution < -0.4 is 0 Å². The Morgan fingerprint density at radius 2 is 2.08 bits per heavy atom. The van der Waals surface area contributed by atoms with Gasteiger partial charge in [0.05, 0.1) is 6.61 Å². The van der Waals surface area contributed by atoms with Gasteiger partial charge in [0.15, 0.2) is 0 Å². The highest BCUT2D eigenvalue weighted by Gasteiger charge is 2.06. The maximum absolute atomic E-state index is 9.12. The van der Waals surface area contributed by atoms with Gasteiger partial charge in [0.2, 0.25) is 0 Å². The smallest absolute Gasteiger partial charge is 0.0685 e. The molecule has 1 aromatic carbocycles. The molecule has 0 fully saturated rings. The van der Waals surface area contributed by atoms with Gasteiger partial charge < -0.3 is 10.0 Å². The average Bonchev–Trinajstić information content (AvgIpc) is 2.08. The van der Waals surface area contributed by atoms with Gasteiger partial charge in [0.25, 0.3) is 0 Å². The zero-order valence-corrected chi connectivity index (χ0v) is 9.50. The summed E-state index contributed by atoms with van der Waals surface area (Å²) in [6.07, 6.45) is 0. The molecular weight excluding hydrogens is 230 g/mol. The summed E-state index contributed by atoms with van der Waals surface area (Å²) in [5.41, 5.74) is 2.15. The van der Waals surface area contributed by atoms with E-state index in [1.54, 1.807) is 0 Å². The summed E-state index contributed by atoms with van der Waals surface area (Å²) < 4.78 is 1.06. The first-order valence-corrected chi connectivity index (χ1v) is 4.96. The molecule has 0 bridgehead atoms. The van der Waals surface area contributed by atoms with Gasteiger partial charge in [-0.05, 0) is 31.3 Å². The highest BCUT2D eigenvalue weighted by molar-refractivity contribution is 9.10. The Morgan fingerprint density at radius 3 is 2.62 bits per heavy atom. The fraction of sp³-hybridized carbons (Fsp3) is 0.400. The summed E-state index contributed by atoms with van der Waals surface area (Å²) in [6.45, 7) is 0.944. The fourth-order valence-corrected chi connectivity index (χ4v) is 1.78. The molecule has 2 nitrogen and oxygen atoms in total. The third-order valence-electron chi connectivity index (χ3n) is 1.86. The van der Waals surface area contributed by atoms with E-state index in [0.29, 0.717) is 0 Å². The molecule has 0 radical (unpaired) electrons. The van der Waals surface area contributed by atoms with Crippen LogP contribution in [-0.2, 0) is 13.2 Å². The van der Waals surface area contributed by atoms with E-state index in [1.165, 1.54) is 0 Å². The molecule has 0 saturated heterocycles. The van der Waals surface area contributed by atoms with E-state index in [4.69, 9.17) is 5.11 Å². The van der Waals surface area contributed by atoms with Crippen LogP contribution in [-0.4, -0.2) is 24.1 Å². The van der Waals surface area contributed by atoms with Crippen LogP contribution in [0.15, 0.2) is 22.7 Å². The highest BCUT2D eigenvalue weighted by atomic mass is 79.9. The maximum atomic E-state index is 9.12. The van der Waals surface area contributed by atoms with Crippen LogP contribution in [0.5, 0.6) is 0 Å². The number of nitrogens with zero attached hydrogens (tertiary/aromatic N) is 1. The van der Waals surface area contributed by atoms with Crippen molar-refractivity contribution < 1.29 is 5.11 Å². The molecule has 0 saturated carbocycles. The highest BCUT2D eigenvalue weighted by Crippen LogP contribution is 2.21. The normalized spacial score (nSPS) is 10.8. The number of hydrogen-bond acceptors (Lipinski definition) is 2. The van der Waals surface area contributed by atoms with Gasteiger partial charge in [-0.3, -0.25) is 0 Å². The molecule has 1 rings (SSSR count). The Morgan fingerprint density at radius 1 is 1.38 bits per heavy atom. The zero-order chi connectivity index (χ0) is 9.84. The van der Waals surface area contributed by atoms with Crippen molar-refractivity contribution in [2.24, 2.45) is 0 Å². The molecule has 0 aliphatic rings. The van der Waals surface area contributed by atoms with Crippen LogP contribution in [0.4, 0.5) is 0 Å². The fourth-order valence-electron chi connectivity index (χ4n) is 1.24. The molecule has 0 aromatic heterocycles. The van der Waals surface area contributed by atoms with Gasteiger partial charge in [-0.15, -0.1) is 0 Å². The van der Waals surface area contributed by atoms with Gasteiger partial charge >= 0.3 is 0 Å². The molecule has 0 unspecified atom stereocenters. The van der Waals surface area contributed by atoms with Gasteiger partial charge in [0, 0.05) is 11.0 Å². The summed E-state index contributed by atoms with van der Waals surface area (Å²) in [7, 11) is 4.03. The van der Waals surface area contributed by atoms with Crippen molar-refractivity contribution in [1.29, 1.82) is 0 Å². The van der Waals surface area contributed by atoms with E-state index in [2.05, 4.69) is 20.8 Å². The minimum absolute atomic E-state index is 0.0998. The molecule has 1 N–H and O–H groups in total. The topological polar surface area (TPSA) is 23.5 Å². The van der Waals surface area contributed by atoms with Crippen molar-refractivity contribution in [1.82, 2.24) is 4.90 Å². The zero-order valence-electron chi connectivity index (χ0n) is 7.92. The standard InChI is InChI=1S/C10H14BrNO/c1-12(2)6-9-8(7-13)4-3-5-10(9)11/h3-5,13H,6-7H2,1-2H3. The molecular formula is C10H14BrNO. The molecule has 0 amide bonds. The quantitative estimate of drug-likeness (QED) is 0.879. The van der Waals surface area contributed by atoms with Gasteiger partial charge in [0.1, 0.15) is 0 Å². The average molecular weight is 244 g/mol. The van der Waals surface area contributed by atoms with E-state index in [9.17, 15) is 0 Å². The van der Waals surface area contributed by atoms with E-state index in [1.807, 2.05) is 32.3 Å². The molecule has 1 aromatic rings. The summed E-state index contributed by atoms with van der Waals surface area (Å²) in [6, 6.07) is 5.89.